The molecule has 1 heterocycles. The molecule has 2 N–H and O–H groups in total. The van der Waals surface area contributed by atoms with Crippen LogP contribution in [0.1, 0.15) is 25.2 Å². The minimum Gasteiger partial charge on any atom is -0.325 e. The maximum Gasteiger partial charge on any atom is 0.130 e. The van der Waals surface area contributed by atoms with Crippen molar-refractivity contribution >= 4 is 0 Å². The van der Waals surface area contributed by atoms with E-state index >= 15 is 0 Å². The SMILES string of the molecule is Cc1cc(-c2ccnc(CC(C)(C)N)n2)ccc1F. The molecule has 19 heavy (non-hydrogen) atoms. The molecule has 100 valence electrons. The number of halogens is 1. The van der Waals surface area contributed by atoms with Crippen LogP contribution in [0.25, 0.3) is 11.3 Å². The summed E-state index contributed by atoms with van der Waals surface area (Å²) >= 11 is 0. The quantitative estimate of drug-likeness (QED) is 0.922. The summed E-state index contributed by atoms with van der Waals surface area (Å²) < 4.78 is 13.3. The van der Waals surface area contributed by atoms with Gasteiger partial charge in [-0.2, -0.15) is 0 Å². The summed E-state index contributed by atoms with van der Waals surface area (Å²) in [4.78, 5) is 8.71. The number of hydrogen-bond donors (Lipinski definition) is 1. The Morgan fingerprint density at radius 3 is 2.63 bits per heavy atom. The first-order valence-corrected chi connectivity index (χ1v) is 6.22. The van der Waals surface area contributed by atoms with Crippen molar-refractivity contribution in [2.24, 2.45) is 5.73 Å². The van der Waals surface area contributed by atoms with E-state index in [1.54, 1.807) is 25.3 Å². The molecule has 0 unspecified atom stereocenters. The average Bonchev–Trinajstić information content (AvgIpc) is 2.31. The summed E-state index contributed by atoms with van der Waals surface area (Å²) in [6.45, 7) is 5.61. The van der Waals surface area contributed by atoms with Gasteiger partial charge in [0.05, 0.1) is 5.69 Å². The first-order valence-electron chi connectivity index (χ1n) is 6.22. The third kappa shape index (κ3) is 3.58. The van der Waals surface area contributed by atoms with Crippen LogP contribution < -0.4 is 5.73 Å². The third-order valence-corrected chi connectivity index (χ3v) is 2.77. The monoisotopic (exact) mass is 259 g/mol. The molecule has 3 nitrogen and oxygen atoms in total. The van der Waals surface area contributed by atoms with Crippen molar-refractivity contribution in [3.63, 3.8) is 0 Å². The van der Waals surface area contributed by atoms with Gasteiger partial charge in [0.2, 0.25) is 0 Å². The molecule has 1 aromatic carbocycles. The van der Waals surface area contributed by atoms with Crippen LogP contribution in [0.3, 0.4) is 0 Å². The molecule has 0 aliphatic heterocycles. The highest BCUT2D eigenvalue weighted by Crippen LogP contribution is 2.20. The van der Waals surface area contributed by atoms with E-state index in [-0.39, 0.29) is 11.4 Å². The lowest BCUT2D eigenvalue weighted by Gasteiger charge is -2.17. The Hall–Kier alpha value is -1.81. The Morgan fingerprint density at radius 1 is 1.26 bits per heavy atom. The first-order chi connectivity index (χ1) is 8.85. The fourth-order valence-corrected chi connectivity index (χ4v) is 1.86. The molecule has 0 radical (unpaired) electrons. The zero-order valence-electron chi connectivity index (χ0n) is 11.4. The zero-order valence-corrected chi connectivity index (χ0v) is 11.4. The predicted octanol–water partition coefficient (Wildman–Crippen LogP) is 2.87. The summed E-state index contributed by atoms with van der Waals surface area (Å²) in [7, 11) is 0. The molecule has 0 aliphatic carbocycles. The van der Waals surface area contributed by atoms with Crippen LogP contribution in [0.4, 0.5) is 4.39 Å². The van der Waals surface area contributed by atoms with E-state index in [2.05, 4.69) is 9.97 Å². The lowest BCUT2D eigenvalue weighted by molar-refractivity contribution is 0.502. The van der Waals surface area contributed by atoms with Gasteiger partial charge >= 0.3 is 0 Å². The molecule has 0 saturated carbocycles. The zero-order chi connectivity index (χ0) is 14.0. The minimum absolute atomic E-state index is 0.207. The van der Waals surface area contributed by atoms with Crippen LogP contribution in [-0.4, -0.2) is 15.5 Å². The standard InChI is InChI=1S/C15H18FN3/c1-10-8-11(4-5-12(10)16)13-6-7-18-14(19-13)9-15(2,3)17/h4-8H,9,17H2,1-3H3. The second-order valence-electron chi connectivity index (χ2n) is 5.49. The molecule has 0 saturated heterocycles. The molecule has 0 amide bonds. The molecular formula is C15H18FN3. The smallest absolute Gasteiger partial charge is 0.130 e. The van der Waals surface area contributed by atoms with Crippen molar-refractivity contribution in [2.75, 3.05) is 0 Å². The molecule has 0 aliphatic rings. The van der Waals surface area contributed by atoms with Gasteiger partial charge in [0.15, 0.2) is 0 Å². The van der Waals surface area contributed by atoms with Gasteiger partial charge in [0.25, 0.3) is 0 Å². The van der Waals surface area contributed by atoms with Gasteiger partial charge < -0.3 is 5.73 Å². The topological polar surface area (TPSA) is 51.8 Å². The largest absolute Gasteiger partial charge is 0.325 e. The number of nitrogens with two attached hydrogens (primary N) is 1. The van der Waals surface area contributed by atoms with Crippen LogP contribution in [0.15, 0.2) is 30.5 Å². The highest BCUT2D eigenvalue weighted by atomic mass is 19.1. The fourth-order valence-electron chi connectivity index (χ4n) is 1.86. The van der Waals surface area contributed by atoms with E-state index in [1.165, 1.54) is 6.07 Å². The Balaban J connectivity index is 2.35. The molecule has 0 fully saturated rings. The molecule has 2 aromatic rings. The Bertz CT molecular complexity index is 588. The van der Waals surface area contributed by atoms with Crippen molar-refractivity contribution in [3.05, 3.63) is 47.7 Å². The summed E-state index contributed by atoms with van der Waals surface area (Å²) in [6, 6.07) is 6.79. The minimum atomic E-state index is -0.350. The van der Waals surface area contributed by atoms with Crippen molar-refractivity contribution in [1.29, 1.82) is 0 Å². The van der Waals surface area contributed by atoms with Gasteiger partial charge in [-0.05, 0) is 50.6 Å². The highest BCUT2D eigenvalue weighted by Gasteiger charge is 2.14. The first kappa shape index (κ1) is 13.6. The van der Waals surface area contributed by atoms with E-state index in [9.17, 15) is 4.39 Å². The number of aromatic nitrogens is 2. The molecule has 1 aromatic heterocycles. The summed E-state index contributed by atoms with van der Waals surface area (Å²) in [5, 5.41) is 0. The number of aryl methyl sites for hydroxylation is 1. The number of hydrogen-bond acceptors (Lipinski definition) is 3. The Labute approximate surface area is 112 Å². The van der Waals surface area contributed by atoms with Crippen LogP contribution in [0, 0.1) is 12.7 Å². The Morgan fingerprint density at radius 2 is 2.00 bits per heavy atom. The van der Waals surface area contributed by atoms with Crippen LogP contribution >= 0.6 is 0 Å². The summed E-state index contributed by atoms with van der Waals surface area (Å²) in [5.74, 6) is 0.494. The second-order valence-corrected chi connectivity index (χ2v) is 5.49. The maximum absolute atomic E-state index is 13.3. The molecule has 0 spiro atoms. The van der Waals surface area contributed by atoms with Crippen molar-refractivity contribution in [3.8, 4) is 11.3 Å². The van der Waals surface area contributed by atoms with Gasteiger partial charge in [-0.15, -0.1) is 0 Å². The summed E-state index contributed by atoms with van der Waals surface area (Å²) in [6.07, 6.45) is 2.31. The van der Waals surface area contributed by atoms with E-state index in [4.69, 9.17) is 5.73 Å². The van der Waals surface area contributed by atoms with Crippen molar-refractivity contribution in [1.82, 2.24) is 9.97 Å². The molecule has 0 bridgehead atoms. The van der Waals surface area contributed by atoms with Gasteiger partial charge in [-0.25, -0.2) is 14.4 Å². The molecule has 2 rings (SSSR count). The molecule has 0 atom stereocenters. The van der Waals surface area contributed by atoms with Gasteiger partial charge in [0, 0.05) is 23.7 Å². The second kappa shape index (κ2) is 5.05. The van der Waals surface area contributed by atoms with Gasteiger partial charge in [0.1, 0.15) is 11.6 Å². The normalized spacial score (nSPS) is 11.6. The summed E-state index contributed by atoms with van der Waals surface area (Å²) in [5.41, 5.74) is 7.90. The lowest BCUT2D eigenvalue weighted by atomic mass is 10.0. The highest BCUT2D eigenvalue weighted by molar-refractivity contribution is 5.59. The molecular weight excluding hydrogens is 241 g/mol. The Kier molecular flexibility index (Phi) is 3.62. The fraction of sp³-hybridized carbons (Fsp3) is 0.333. The number of rotatable bonds is 3. The molecule has 4 heteroatoms. The van der Waals surface area contributed by atoms with E-state index in [0.29, 0.717) is 17.8 Å². The van der Waals surface area contributed by atoms with E-state index in [1.807, 2.05) is 19.9 Å². The predicted molar refractivity (Wildman–Crippen MR) is 74.1 cm³/mol. The van der Waals surface area contributed by atoms with Crippen molar-refractivity contribution < 1.29 is 4.39 Å². The van der Waals surface area contributed by atoms with Crippen LogP contribution in [0.2, 0.25) is 0 Å². The third-order valence-electron chi connectivity index (χ3n) is 2.77. The average molecular weight is 259 g/mol. The van der Waals surface area contributed by atoms with Crippen LogP contribution in [0.5, 0.6) is 0 Å². The lowest BCUT2D eigenvalue weighted by Crippen LogP contribution is -2.35. The van der Waals surface area contributed by atoms with Crippen LogP contribution in [-0.2, 0) is 6.42 Å². The van der Waals surface area contributed by atoms with Crippen molar-refractivity contribution in [2.45, 2.75) is 32.7 Å². The van der Waals surface area contributed by atoms with E-state index in [0.717, 1.165) is 11.3 Å². The maximum atomic E-state index is 13.3. The van der Waals surface area contributed by atoms with Gasteiger partial charge in [-0.1, -0.05) is 0 Å². The van der Waals surface area contributed by atoms with Gasteiger partial charge in [-0.3, -0.25) is 0 Å². The number of nitrogens with zero attached hydrogens (tertiary/aromatic N) is 2. The van der Waals surface area contributed by atoms with E-state index < -0.39 is 0 Å². The number of benzene rings is 1.